The Kier molecular flexibility index (Phi) is 6.53. The lowest BCUT2D eigenvalue weighted by molar-refractivity contribution is 0.102. The summed E-state index contributed by atoms with van der Waals surface area (Å²) >= 11 is 8.44. The predicted molar refractivity (Wildman–Crippen MR) is 101 cm³/mol. The average Bonchev–Trinajstić information content (AvgIpc) is 2.55. The van der Waals surface area contributed by atoms with Crippen molar-refractivity contribution < 1.29 is 14.3 Å². The number of carbonyl (C=O) groups excluding carboxylic acids is 1. The second-order valence-electron chi connectivity index (χ2n) is 4.80. The maximum atomic E-state index is 12.4. The third kappa shape index (κ3) is 4.75. The molecule has 4 nitrogen and oxygen atoms in total. The Morgan fingerprint density at radius 3 is 2.57 bits per heavy atom. The molecule has 2 aromatic carbocycles. The summed E-state index contributed by atoms with van der Waals surface area (Å²) in [5.74, 6) is 0.647. The fourth-order valence-corrected chi connectivity index (χ4v) is 2.56. The van der Waals surface area contributed by atoms with Gasteiger partial charge in [0.1, 0.15) is 0 Å². The van der Waals surface area contributed by atoms with E-state index in [0.717, 1.165) is 15.7 Å². The second kappa shape index (κ2) is 8.40. The topological polar surface area (TPSA) is 47.6 Å². The van der Waals surface area contributed by atoms with Crippen LogP contribution in [0.3, 0.4) is 0 Å². The Balaban J connectivity index is 2.23. The molecule has 0 saturated heterocycles. The van der Waals surface area contributed by atoms with E-state index >= 15 is 0 Å². The number of hydrogen-bond donors (Lipinski definition) is 1. The molecule has 1 N–H and O–H groups in total. The third-order valence-electron chi connectivity index (χ3n) is 3.04. The number of methoxy groups -OCH3 is 1. The molecule has 0 aliphatic carbocycles. The van der Waals surface area contributed by atoms with Crippen molar-refractivity contribution in [2.45, 2.75) is 13.3 Å². The van der Waals surface area contributed by atoms with Gasteiger partial charge in [0.2, 0.25) is 0 Å². The van der Waals surface area contributed by atoms with E-state index in [1.54, 1.807) is 12.1 Å². The van der Waals surface area contributed by atoms with Gasteiger partial charge in [-0.05, 0) is 65.4 Å². The number of amides is 1. The summed E-state index contributed by atoms with van der Waals surface area (Å²) in [5, 5.41) is 3.18. The van der Waals surface area contributed by atoms with Crippen LogP contribution in [-0.4, -0.2) is 19.6 Å². The molecule has 1 amide bonds. The second-order valence-corrected chi connectivity index (χ2v) is 6.45. The molecule has 23 heavy (non-hydrogen) atoms. The van der Waals surface area contributed by atoms with Crippen molar-refractivity contribution >= 4 is 45.8 Å². The van der Waals surface area contributed by atoms with Crippen molar-refractivity contribution in [1.82, 2.24) is 0 Å². The molecule has 0 bridgehead atoms. The molecular weight excluding hydrogens is 429 g/mol. The van der Waals surface area contributed by atoms with E-state index in [9.17, 15) is 4.79 Å². The van der Waals surface area contributed by atoms with Gasteiger partial charge in [0.05, 0.1) is 18.7 Å². The average molecular weight is 446 g/mol. The number of anilines is 1. The van der Waals surface area contributed by atoms with Gasteiger partial charge in [-0.3, -0.25) is 4.79 Å². The summed E-state index contributed by atoms with van der Waals surface area (Å²) in [5.41, 5.74) is 1.13. The fraction of sp³-hybridized carbons (Fsp3) is 0.235. The van der Waals surface area contributed by atoms with Crippen molar-refractivity contribution in [2.75, 3.05) is 19.0 Å². The largest absolute Gasteiger partial charge is 0.493 e. The van der Waals surface area contributed by atoms with Crippen LogP contribution in [0.15, 0.2) is 36.4 Å². The highest BCUT2D eigenvalue weighted by Crippen LogP contribution is 2.36. The van der Waals surface area contributed by atoms with Crippen molar-refractivity contribution in [1.29, 1.82) is 0 Å². The summed E-state index contributed by atoms with van der Waals surface area (Å²) in [6.07, 6.45) is 0.856. The molecule has 2 rings (SSSR count). The zero-order valence-electron chi connectivity index (χ0n) is 12.9. The molecule has 0 radical (unpaired) electrons. The van der Waals surface area contributed by atoms with Crippen molar-refractivity contribution in [3.63, 3.8) is 0 Å². The van der Waals surface area contributed by atoms with E-state index in [1.165, 1.54) is 7.11 Å². The Labute approximate surface area is 154 Å². The standard InChI is InChI=1S/C17H17ClINO3/c1-3-8-23-16-14(18)9-11(10-15(16)22-2)17(21)20-13-6-4-12(19)5-7-13/h4-7,9-10H,3,8H2,1-2H3,(H,20,21). The number of hydrogen-bond acceptors (Lipinski definition) is 3. The third-order valence-corrected chi connectivity index (χ3v) is 4.04. The van der Waals surface area contributed by atoms with E-state index in [1.807, 2.05) is 31.2 Å². The quantitative estimate of drug-likeness (QED) is 0.637. The van der Waals surface area contributed by atoms with E-state index in [2.05, 4.69) is 27.9 Å². The molecule has 0 spiro atoms. The summed E-state index contributed by atoms with van der Waals surface area (Å²) in [7, 11) is 1.52. The summed E-state index contributed by atoms with van der Waals surface area (Å²) < 4.78 is 12.0. The SMILES string of the molecule is CCCOc1c(Cl)cc(C(=O)Nc2ccc(I)cc2)cc1OC. The minimum Gasteiger partial charge on any atom is -0.493 e. The smallest absolute Gasteiger partial charge is 0.255 e. The highest BCUT2D eigenvalue weighted by atomic mass is 127. The van der Waals surface area contributed by atoms with Gasteiger partial charge in [-0.25, -0.2) is 0 Å². The van der Waals surface area contributed by atoms with Crippen LogP contribution in [0.25, 0.3) is 0 Å². The number of halogens is 2. The number of ether oxygens (including phenoxy) is 2. The molecule has 0 atom stereocenters. The van der Waals surface area contributed by atoms with Crippen LogP contribution in [-0.2, 0) is 0 Å². The maximum Gasteiger partial charge on any atom is 0.255 e. The number of rotatable bonds is 6. The highest BCUT2D eigenvalue weighted by Gasteiger charge is 2.16. The molecule has 6 heteroatoms. The fourth-order valence-electron chi connectivity index (χ4n) is 1.93. The van der Waals surface area contributed by atoms with Gasteiger partial charge >= 0.3 is 0 Å². The lowest BCUT2D eigenvalue weighted by atomic mass is 10.1. The van der Waals surface area contributed by atoms with Crippen LogP contribution in [0.1, 0.15) is 23.7 Å². The normalized spacial score (nSPS) is 10.3. The van der Waals surface area contributed by atoms with Crippen LogP contribution in [0.2, 0.25) is 5.02 Å². The van der Waals surface area contributed by atoms with E-state index < -0.39 is 0 Å². The van der Waals surface area contributed by atoms with Gasteiger partial charge in [-0.15, -0.1) is 0 Å². The number of benzene rings is 2. The van der Waals surface area contributed by atoms with Crippen LogP contribution in [0.4, 0.5) is 5.69 Å². The molecule has 122 valence electrons. The highest BCUT2D eigenvalue weighted by molar-refractivity contribution is 14.1. The van der Waals surface area contributed by atoms with Gasteiger partial charge in [-0.2, -0.15) is 0 Å². The Hall–Kier alpha value is -1.47. The van der Waals surface area contributed by atoms with Gasteiger partial charge in [-0.1, -0.05) is 18.5 Å². The van der Waals surface area contributed by atoms with E-state index in [4.69, 9.17) is 21.1 Å². The van der Waals surface area contributed by atoms with Gasteiger partial charge < -0.3 is 14.8 Å². The van der Waals surface area contributed by atoms with Crippen LogP contribution in [0.5, 0.6) is 11.5 Å². The first kappa shape index (κ1) is 17.9. The Morgan fingerprint density at radius 2 is 1.96 bits per heavy atom. The molecule has 0 aliphatic rings. The molecule has 0 unspecified atom stereocenters. The zero-order valence-corrected chi connectivity index (χ0v) is 15.8. The monoisotopic (exact) mass is 445 g/mol. The molecule has 0 aliphatic heterocycles. The first-order chi connectivity index (χ1) is 11.0. The van der Waals surface area contributed by atoms with E-state index in [0.29, 0.717) is 28.7 Å². The molecular formula is C17H17ClINO3. The van der Waals surface area contributed by atoms with Gasteiger partial charge in [0, 0.05) is 14.8 Å². The zero-order chi connectivity index (χ0) is 16.8. The lowest BCUT2D eigenvalue weighted by Gasteiger charge is -2.14. The lowest BCUT2D eigenvalue weighted by Crippen LogP contribution is -2.12. The van der Waals surface area contributed by atoms with Crippen molar-refractivity contribution in [2.24, 2.45) is 0 Å². The minimum atomic E-state index is -0.256. The van der Waals surface area contributed by atoms with Gasteiger partial charge in [0.15, 0.2) is 11.5 Å². The van der Waals surface area contributed by atoms with Crippen LogP contribution < -0.4 is 14.8 Å². The predicted octanol–water partition coefficient (Wildman–Crippen LogP) is 4.99. The minimum absolute atomic E-state index is 0.256. The first-order valence-corrected chi connectivity index (χ1v) is 8.58. The van der Waals surface area contributed by atoms with E-state index in [-0.39, 0.29) is 5.91 Å². The molecule has 0 heterocycles. The first-order valence-electron chi connectivity index (χ1n) is 7.12. The summed E-state index contributed by atoms with van der Waals surface area (Å²) in [4.78, 5) is 12.4. The summed E-state index contributed by atoms with van der Waals surface area (Å²) in [6, 6.07) is 10.7. The Bertz CT molecular complexity index is 689. The molecule has 0 aromatic heterocycles. The maximum absolute atomic E-state index is 12.4. The van der Waals surface area contributed by atoms with Crippen molar-refractivity contribution in [3.05, 3.63) is 50.6 Å². The molecule has 0 fully saturated rings. The van der Waals surface area contributed by atoms with Crippen LogP contribution in [0, 0.1) is 3.57 Å². The number of carbonyl (C=O) groups is 1. The summed E-state index contributed by atoms with van der Waals surface area (Å²) in [6.45, 7) is 2.54. The van der Waals surface area contributed by atoms with Gasteiger partial charge in [0.25, 0.3) is 5.91 Å². The molecule has 0 saturated carbocycles. The molecule has 2 aromatic rings. The van der Waals surface area contributed by atoms with Crippen molar-refractivity contribution in [3.8, 4) is 11.5 Å². The Morgan fingerprint density at radius 1 is 1.26 bits per heavy atom. The number of nitrogens with one attached hydrogen (secondary N) is 1. The van der Waals surface area contributed by atoms with Crippen LogP contribution >= 0.6 is 34.2 Å².